The maximum Gasteiger partial charge on any atom is 0.126 e. The molecule has 1 aromatic heterocycles. The van der Waals surface area contributed by atoms with Gasteiger partial charge in [0.05, 0.1) is 11.9 Å². The molecule has 1 aromatic carbocycles. The van der Waals surface area contributed by atoms with Crippen LogP contribution >= 0.6 is 0 Å². The van der Waals surface area contributed by atoms with E-state index in [2.05, 4.69) is 15.2 Å². The number of halogens is 2. The highest BCUT2D eigenvalue weighted by atomic mass is 19.1. The lowest BCUT2D eigenvalue weighted by molar-refractivity contribution is 0.203. The van der Waals surface area contributed by atoms with Gasteiger partial charge in [0.2, 0.25) is 0 Å². The molecule has 128 valence electrons. The first kappa shape index (κ1) is 16.6. The van der Waals surface area contributed by atoms with Gasteiger partial charge in [0.25, 0.3) is 0 Å². The van der Waals surface area contributed by atoms with E-state index in [0.29, 0.717) is 23.8 Å². The van der Waals surface area contributed by atoms with Crippen LogP contribution in [0.15, 0.2) is 36.5 Å². The van der Waals surface area contributed by atoms with Gasteiger partial charge in [-0.15, -0.1) is 0 Å². The monoisotopic (exact) mass is 333 g/mol. The number of rotatable bonds is 5. The molecule has 0 unspecified atom stereocenters. The van der Waals surface area contributed by atoms with Crippen molar-refractivity contribution in [3.63, 3.8) is 0 Å². The van der Waals surface area contributed by atoms with E-state index in [-0.39, 0.29) is 6.61 Å². The Morgan fingerprint density at radius 3 is 2.42 bits per heavy atom. The highest BCUT2D eigenvalue weighted by molar-refractivity contribution is 5.49. The van der Waals surface area contributed by atoms with Gasteiger partial charge in [-0.1, -0.05) is 0 Å². The minimum Gasteiger partial charge on any atom is -0.396 e. The van der Waals surface area contributed by atoms with Crippen LogP contribution in [0.25, 0.3) is 0 Å². The fourth-order valence-corrected chi connectivity index (χ4v) is 2.96. The number of benzene rings is 1. The number of piperidine rings is 1. The van der Waals surface area contributed by atoms with Crippen molar-refractivity contribution >= 4 is 11.5 Å². The average molecular weight is 333 g/mol. The third kappa shape index (κ3) is 4.20. The van der Waals surface area contributed by atoms with E-state index in [1.807, 2.05) is 12.1 Å². The van der Waals surface area contributed by atoms with E-state index >= 15 is 0 Å². The molecule has 2 heterocycles. The molecule has 0 bridgehead atoms. The molecule has 0 radical (unpaired) electrons. The molecule has 6 heteroatoms. The average Bonchev–Trinajstić information content (AvgIpc) is 2.60. The van der Waals surface area contributed by atoms with E-state index in [0.717, 1.165) is 37.7 Å². The summed E-state index contributed by atoms with van der Waals surface area (Å²) < 4.78 is 26.3. The van der Waals surface area contributed by atoms with Crippen molar-refractivity contribution in [2.45, 2.75) is 19.4 Å². The minimum absolute atomic E-state index is 0.260. The zero-order chi connectivity index (χ0) is 16.9. The Morgan fingerprint density at radius 1 is 1.12 bits per heavy atom. The topological polar surface area (TPSA) is 48.4 Å². The van der Waals surface area contributed by atoms with Crippen LogP contribution in [-0.4, -0.2) is 29.8 Å². The normalized spacial score (nSPS) is 15.5. The minimum atomic E-state index is -0.582. The predicted octanol–water partition coefficient (Wildman–Crippen LogP) is 3.18. The molecular weight excluding hydrogens is 312 g/mol. The largest absolute Gasteiger partial charge is 0.396 e. The summed E-state index contributed by atoms with van der Waals surface area (Å²) in [6.07, 6.45) is 3.77. The summed E-state index contributed by atoms with van der Waals surface area (Å²) in [7, 11) is 0. The smallest absolute Gasteiger partial charge is 0.126 e. The predicted molar refractivity (Wildman–Crippen MR) is 89.9 cm³/mol. The van der Waals surface area contributed by atoms with Crippen molar-refractivity contribution < 1.29 is 13.9 Å². The molecule has 1 aliphatic heterocycles. The molecule has 0 spiro atoms. The van der Waals surface area contributed by atoms with Gasteiger partial charge in [0.15, 0.2) is 0 Å². The van der Waals surface area contributed by atoms with Crippen LogP contribution < -0.4 is 10.2 Å². The highest BCUT2D eigenvalue weighted by Gasteiger charge is 2.18. The Hall–Kier alpha value is -2.21. The van der Waals surface area contributed by atoms with Crippen LogP contribution in [-0.2, 0) is 6.54 Å². The molecule has 0 saturated carbocycles. The first-order valence-electron chi connectivity index (χ1n) is 8.15. The Balaban J connectivity index is 1.56. The summed E-state index contributed by atoms with van der Waals surface area (Å²) in [5, 5.41) is 12.3. The maximum absolute atomic E-state index is 13.2. The van der Waals surface area contributed by atoms with Gasteiger partial charge in [-0.05, 0) is 48.6 Å². The van der Waals surface area contributed by atoms with E-state index in [4.69, 9.17) is 0 Å². The van der Waals surface area contributed by atoms with Crippen LogP contribution in [0.3, 0.4) is 0 Å². The Kier molecular flexibility index (Phi) is 5.25. The standard InChI is InChI=1S/C18H21F2N3O/c19-15-7-14(8-16(20)9-15)10-21-18-2-1-17(11-22-18)23-5-3-13(12-24)4-6-23/h1-2,7-9,11,13,24H,3-6,10,12H2,(H,21,22). The molecule has 1 fully saturated rings. The Morgan fingerprint density at radius 2 is 1.83 bits per heavy atom. The van der Waals surface area contributed by atoms with Gasteiger partial charge in [-0.2, -0.15) is 0 Å². The number of aromatic nitrogens is 1. The first-order chi connectivity index (χ1) is 11.6. The van der Waals surface area contributed by atoms with Crippen molar-refractivity contribution in [3.05, 3.63) is 53.7 Å². The summed E-state index contributed by atoms with van der Waals surface area (Å²) in [4.78, 5) is 6.62. The van der Waals surface area contributed by atoms with Crippen molar-refractivity contribution in [2.24, 2.45) is 5.92 Å². The van der Waals surface area contributed by atoms with Crippen LogP contribution in [0.5, 0.6) is 0 Å². The Labute approximate surface area is 140 Å². The fraction of sp³-hybridized carbons (Fsp3) is 0.389. The molecule has 2 aromatic rings. The van der Waals surface area contributed by atoms with E-state index in [9.17, 15) is 13.9 Å². The molecule has 1 aliphatic rings. The van der Waals surface area contributed by atoms with Gasteiger partial charge in [0.1, 0.15) is 17.5 Å². The van der Waals surface area contributed by atoms with Crippen molar-refractivity contribution in [1.29, 1.82) is 0 Å². The number of hydrogen-bond donors (Lipinski definition) is 2. The number of pyridine rings is 1. The lowest BCUT2D eigenvalue weighted by atomic mass is 9.98. The number of nitrogens with one attached hydrogen (secondary N) is 1. The number of hydrogen-bond acceptors (Lipinski definition) is 4. The quantitative estimate of drug-likeness (QED) is 0.882. The molecule has 0 aliphatic carbocycles. The molecule has 3 rings (SSSR count). The zero-order valence-corrected chi connectivity index (χ0v) is 13.4. The van der Waals surface area contributed by atoms with Crippen LogP contribution in [0, 0.1) is 17.6 Å². The summed E-state index contributed by atoms with van der Waals surface area (Å²) >= 11 is 0. The third-order valence-electron chi connectivity index (χ3n) is 4.38. The summed E-state index contributed by atoms with van der Waals surface area (Å²) in [5.74, 6) is -0.0988. The fourth-order valence-electron chi connectivity index (χ4n) is 2.96. The second-order valence-corrected chi connectivity index (χ2v) is 6.15. The van der Waals surface area contributed by atoms with Gasteiger partial charge < -0.3 is 15.3 Å². The zero-order valence-electron chi connectivity index (χ0n) is 13.4. The molecule has 2 N–H and O–H groups in total. The van der Waals surface area contributed by atoms with Crippen molar-refractivity contribution in [2.75, 3.05) is 29.9 Å². The van der Waals surface area contributed by atoms with Crippen LogP contribution in [0.4, 0.5) is 20.3 Å². The summed E-state index contributed by atoms with van der Waals surface area (Å²) in [6.45, 7) is 2.41. The maximum atomic E-state index is 13.2. The van der Waals surface area contributed by atoms with E-state index in [1.54, 1.807) is 6.20 Å². The van der Waals surface area contributed by atoms with Crippen molar-refractivity contribution in [1.82, 2.24) is 4.98 Å². The molecular formula is C18H21F2N3O. The second kappa shape index (κ2) is 7.57. The first-order valence-corrected chi connectivity index (χ1v) is 8.15. The van der Waals surface area contributed by atoms with E-state index < -0.39 is 11.6 Å². The molecule has 4 nitrogen and oxygen atoms in total. The van der Waals surface area contributed by atoms with Gasteiger partial charge >= 0.3 is 0 Å². The van der Waals surface area contributed by atoms with Gasteiger partial charge in [0, 0.05) is 32.3 Å². The SMILES string of the molecule is OCC1CCN(c2ccc(NCc3cc(F)cc(F)c3)nc2)CC1. The van der Waals surface area contributed by atoms with Gasteiger partial charge in [-0.25, -0.2) is 13.8 Å². The van der Waals surface area contributed by atoms with Gasteiger partial charge in [-0.3, -0.25) is 0 Å². The molecule has 0 atom stereocenters. The third-order valence-corrected chi connectivity index (χ3v) is 4.38. The van der Waals surface area contributed by atoms with E-state index in [1.165, 1.54) is 12.1 Å². The molecule has 0 amide bonds. The number of anilines is 2. The summed E-state index contributed by atoms with van der Waals surface area (Å²) in [6, 6.07) is 7.31. The van der Waals surface area contributed by atoms with Crippen LogP contribution in [0.1, 0.15) is 18.4 Å². The second-order valence-electron chi connectivity index (χ2n) is 6.15. The number of nitrogens with zero attached hydrogens (tertiary/aromatic N) is 2. The molecule has 24 heavy (non-hydrogen) atoms. The lowest BCUT2D eigenvalue weighted by Crippen LogP contribution is -2.34. The van der Waals surface area contributed by atoms with Crippen LogP contribution in [0.2, 0.25) is 0 Å². The molecule has 1 saturated heterocycles. The van der Waals surface area contributed by atoms with Crippen molar-refractivity contribution in [3.8, 4) is 0 Å². The highest BCUT2D eigenvalue weighted by Crippen LogP contribution is 2.23. The number of aliphatic hydroxyl groups excluding tert-OH is 1. The summed E-state index contributed by atoms with van der Waals surface area (Å²) in [5.41, 5.74) is 1.58. The Bertz CT molecular complexity index is 650. The number of aliphatic hydroxyl groups is 1. The lowest BCUT2D eigenvalue weighted by Gasteiger charge is -2.32.